The SMILES string of the molecule is COC(=O)C(Br)Cn1cnc2ccsc2c1=O. The molecule has 2 aromatic rings. The van der Waals surface area contributed by atoms with Crippen LogP contribution in [0.2, 0.25) is 0 Å². The van der Waals surface area contributed by atoms with E-state index in [0.717, 1.165) is 0 Å². The van der Waals surface area contributed by atoms with Gasteiger partial charge in [0.05, 0.1) is 25.5 Å². The van der Waals surface area contributed by atoms with Gasteiger partial charge < -0.3 is 4.74 Å². The molecule has 0 amide bonds. The highest BCUT2D eigenvalue weighted by molar-refractivity contribution is 9.10. The van der Waals surface area contributed by atoms with E-state index >= 15 is 0 Å². The van der Waals surface area contributed by atoms with E-state index in [1.54, 1.807) is 6.07 Å². The molecular formula is C10H9BrN2O3S. The van der Waals surface area contributed by atoms with Gasteiger partial charge in [-0.25, -0.2) is 4.98 Å². The summed E-state index contributed by atoms with van der Waals surface area (Å²) in [6, 6.07) is 1.79. The first-order valence-corrected chi connectivity index (χ1v) is 6.57. The predicted octanol–water partition coefficient (Wildman–Crippen LogP) is 1.39. The lowest BCUT2D eigenvalue weighted by Crippen LogP contribution is -2.28. The average molecular weight is 317 g/mol. The largest absolute Gasteiger partial charge is 0.468 e. The number of aromatic nitrogens is 2. The smallest absolute Gasteiger partial charge is 0.321 e. The van der Waals surface area contributed by atoms with E-state index in [1.165, 1.54) is 29.3 Å². The Bertz CT molecular complexity index is 607. The first kappa shape index (κ1) is 12.3. The average Bonchev–Trinajstić information content (AvgIpc) is 2.80. The molecule has 0 bridgehead atoms. The number of rotatable bonds is 3. The second-order valence-electron chi connectivity index (χ2n) is 3.33. The Morgan fingerprint density at radius 3 is 3.18 bits per heavy atom. The number of hydrogen-bond donors (Lipinski definition) is 0. The van der Waals surface area contributed by atoms with E-state index < -0.39 is 10.8 Å². The molecule has 2 rings (SSSR count). The van der Waals surface area contributed by atoms with Crippen LogP contribution in [-0.4, -0.2) is 27.5 Å². The third kappa shape index (κ3) is 2.39. The molecule has 1 unspecified atom stereocenters. The van der Waals surface area contributed by atoms with Gasteiger partial charge in [-0.1, -0.05) is 15.9 Å². The number of carbonyl (C=O) groups excluding carboxylic acids is 1. The number of alkyl halides is 1. The lowest BCUT2D eigenvalue weighted by Gasteiger charge is -2.09. The van der Waals surface area contributed by atoms with E-state index in [9.17, 15) is 9.59 Å². The summed E-state index contributed by atoms with van der Waals surface area (Å²) in [6.07, 6.45) is 1.44. The third-order valence-electron chi connectivity index (χ3n) is 2.25. The summed E-state index contributed by atoms with van der Waals surface area (Å²) in [5, 5.41) is 1.81. The van der Waals surface area contributed by atoms with Crippen molar-refractivity contribution in [3.63, 3.8) is 0 Å². The second kappa shape index (κ2) is 4.97. The van der Waals surface area contributed by atoms with Crippen LogP contribution < -0.4 is 5.56 Å². The zero-order valence-corrected chi connectivity index (χ0v) is 11.3. The summed E-state index contributed by atoms with van der Waals surface area (Å²) in [6.45, 7) is 0.201. The first-order chi connectivity index (χ1) is 8.13. The molecule has 0 saturated carbocycles. The maximum atomic E-state index is 12.0. The normalized spacial score (nSPS) is 12.6. The lowest BCUT2D eigenvalue weighted by molar-refractivity contribution is -0.140. The molecule has 5 nitrogen and oxygen atoms in total. The molecule has 0 aliphatic heterocycles. The molecule has 7 heteroatoms. The van der Waals surface area contributed by atoms with E-state index in [4.69, 9.17) is 0 Å². The van der Waals surface area contributed by atoms with Crippen molar-refractivity contribution in [3.05, 3.63) is 28.1 Å². The fourth-order valence-electron chi connectivity index (χ4n) is 1.38. The molecular weight excluding hydrogens is 308 g/mol. The quantitative estimate of drug-likeness (QED) is 0.634. The van der Waals surface area contributed by atoms with Gasteiger partial charge in [-0.2, -0.15) is 0 Å². The van der Waals surface area contributed by atoms with Crippen LogP contribution >= 0.6 is 27.3 Å². The van der Waals surface area contributed by atoms with Crippen LogP contribution in [0.3, 0.4) is 0 Å². The van der Waals surface area contributed by atoms with Crippen LogP contribution in [-0.2, 0) is 16.1 Å². The van der Waals surface area contributed by atoms with E-state index in [-0.39, 0.29) is 12.1 Å². The second-order valence-corrected chi connectivity index (χ2v) is 5.35. The molecule has 0 fully saturated rings. The number of methoxy groups -OCH3 is 1. The first-order valence-electron chi connectivity index (χ1n) is 4.78. The Morgan fingerprint density at radius 1 is 1.71 bits per heavy atom. The summed E-state index contributed by atoms with van der Waals surface area (Å²) in [5.74, 6) is -0.414. The molecule has 0 aliphatic rings. The maximum absolute atomic E-state index is 12.0. The summed E-state index contributed by atoms with van der Waals surface area (Å²) in [4.78, 5) is 26.8. The predicted molar refractivity (Wildman–Crippen MR) is 68.6 cm³/mol. The molecule has 0 radical (unpaired) electrons. The topological polar surface area (TPSA) is 61.2 Å². The highest BCUT2D eigenvalue weighted by atomic mass is 79.9. The van der Waals surface area contributed by atoms with Crippen molar-refractivity contribution < 1.29 is 9.53 Å². The molecule has 0 N–H and O–H groups in total. The number of hydrogen-bond acceptors (Lipinski definition) is 5. The van der Waals surface area contributed by atoms with Gasteiger partial charge in [0.15, 0.2) is 0 Å². The molecule has 2 heterocycles. The van der Waals surface area contributed by atoms with Gasteiger partial charge in [0.25, 0.3) is 5.56 Å². The van der Waals surface area contributed by atoms with Crippen LogP contribution in [0.5, 0.6) is 0 Å². The van der Waals surface area contributed by atoms with Crippen LogP contribution in [0.1, 0.15) is 0 Å². The van der Waals surface area contributed by atoms with Gasteiger partial charge in [0.2, 0.25) is 0 Å². The Hall–Kier alpha value is -1.21. The summed E-state index contributed by atoms with van der Waals surface area (Å²) < 4.78 is 6.57. The van der Waals surface area contributed by atoms with Crippen molar-refractivity contribution >= 4 is 43.5 Å². The van der Waals surface area contributed by atoms with Gasteiger partial charge in [0, 0.05) is 0 Å². The number of thiophene rings is 1. The van der Waals surface area contributed by atoms with Gasteiger partial charge in [-0.05, 0) is 11.4 Å². The number of halogens is 1. The van der Waals surface area contributed by atoms with Crippen LogP contribution in [0.4, 0.5) is 0 Å². The van der Waals surface area contributed by atoms with Crippen molar-refractivity contribution in [3.8, 4) is 0 Å². The van der Waals surface area contributed by atoms with E-state index in [1.807, 2.05) is 5.38 Å². The van der Waals surface area contributed by atoms with Crippen LogP contribution in [0.15, 0.2) is 22.6 Å². The Morgan fingerprint density at radius 2 is 2.47 bits per heavy atom. The zero-order valence-electron chi connectivity index (χ0n) is 8.92. The number of nitrogens with zero attached hydrogens (tertiary/aromatic N) is 2. The number of carbonyl (C=O) groups is 1. The van der Waals surface area contributed by atoms with Gasteiger partial charge in [-0.15, -0.1) is 11.3 Å². The fraction of sp³-hybridized carbons (Fsp3) is 0.300. The van der Waals surface area contributed by atoms with Crippen molar-refractivity contribution in [1.82, 2.24) is 9.55 Å². The van der Waals surface area contributed by atoms with Crippen molar-refractivity contribution in [2.75, 3.05) is 7.11 Å². The number of esters is 1. The minimum absolute atomic E-state index is 0.140. The molecule has 0 spiro atoms. The van der Waals surface area contributed by atoms with Gasteiger partial charge >= 0.3 is 5.97 Å². The third-order valence-corrected chi connectivity index (χ3v) is 3.80. The standard InChI is InChI=1S/C10H9BrN2O3S/c1-16-10(15)6(11)4-13-5-12-7-2-3-17-8(7)9(13)14/h2-3,5-6H,4H2,1H3. The van der Waals surface area contributed by atoms with Gasteiger partial charge in [0.1, 0.15) is 9.53 Å². The number of fused-ring (bicyclic) bond motifs is 1. The van der Waals surface area contributed by atoms with Gasteiger partial charge in [-0.3, -0.25) is 14.2 Å². The summed E-state index contributed by atoms with van der Waals surface area (Å²) in [5.41, 5.74) is 0.541. The minimum atomic E-state index is -0.551. The molecule has 2 aromatic heterocycles. The lowest BCUT2D eigenvalue weighted by atomic mass is 10.4. The molecule has 0 aliphatic carbocycles. The zero-order chi connectivity index (χ0) is 12.4. The molecule has 0 aromatic carbocycles. The van der Waals surface area contributed by atoms with Crippen molar-refractivity contribution in [1.29, 1.82) is 0 Å². The molecule has 17 heavy (non-hydrogen) atoms. The Labute approximate surface area is 109 Å². The number of ether oxygens (including phenoxy) is 1. The molecule has 1 atom stereocenters. The Kier molecular flexibility index (Phi) is 3.58. The van der Waals surface area contributed by atoms with Crippen molar-refractivity contribution in [2.24, 2.45) is 0 Å². The maximum Gasteiger partial charge on any atom is 0.321 e. The van der Waals surface area contributed by atoms with E-state index in [0.29, 0.717) is 10.2 Å². The highest BCUT2D eigenvalue weighted by Gasteiger charge is 2.17. The van der Waals surface area contributed by atoms with E-state index in [2.05, 4.69) is 25.7 Å². The fourth-order valence-corrected chi connectivity index (χ4v) is 2.68. The summed E-state index contributed by atoms with van der Waals surface area (Å²) in [7, 11) is 1.31. The van der Waals surface area contributed by atoms with Crippen LogP contribution in [0.25, 0.3) is 10.2 Å². The summed E-state index contributed by atoms with van der Waals surface area (Å²) >= 11 is 4.51. The van der Waals surface area contributed by atoms with Crippen LogP contribution in [0, 0.1) is 0 Å². The Balaban J connectivity index is 2.33. The monoisotopic (exact) mass is 316 g/mol. The molecule has 90 valence electrons. The minimum Gasteiger partial charge on any atom is -0.468 e. The highest BCUT2D eigenvalue weighted by Crippen LogP contribution is 2.13. The van der Waals surface area contributed by atoms with Crippen molar-refractivity contribution in [2.45, 2.75) is 11.4 Å². The molecule has 0 saturated heterocycles.